The van der Waals surface area contributed by atoms with Crippen LogP contribution in [0, 0.1) is 0 Å². The molecule has 0 radical (unpaired) electrons. The number of hydrogen-bond acceptors (Lipinski definition) is 2. The number of benzene rings is 1. The minimum Gasteiger partial charge on any atom is -0.370 e. The van der Waals surface area contributed by atoms with Crippen molar-refractivity contribution in [3.05, 3.63) is 28.2 Å². The highest BCUT2D eigenvalue weighted by Gasteiger charge is 2.17. The summed E-state index contributed by atoms with van der Waals surface area (Å²) in [6, 6.07) is 5.75. The van der Waals surface area contributed by atoms with Gasteiger partial charge in [0, 0.05) is 28.3 Å². The Bertz CT molecular complexity index is 368. The van der Waals surface area contributed by atoms with E-state index < -0.39 is 0 Å². The van der Waals surface area contributed by atoms with E-state index in [4.69, 9.17) is 0 Å². The van der Waals surface area contributed by atoms with E-state index in [9.17, 15) is 4.79 Å². The molecule has 0 aromatic heterocycles. The molecular formula is C12H16BrNO. The van der Waals surface area contributed by atoms with E-state index >= 15 is 0 Å². The van der Waals surface area contributed by atoms with Crippen LogP contribution in [0.25, 0.3) is 0 Å². The molecule has 15 heavy (non-hydrogen) atoms. The average Bonchev–Trinajstić information content (AvgIpc) is 2.15. The monoisotopic (exact) mass is 269 g/mol. The van der Waals surface area contributed by atoms with Crippen molar-refractivity contribution in [1.29, 1.82) is 0 Å². The molecule has 0 amide bonds. The van der Waals surface area contributed by atoms with Gasteiger partial charge in [0.05, 0.1) is 0 Å². The first-order valence-electron chi connectivity index (χ1n) is 4.85. The van der Waals surface area contributed by atoms with Crippen molar-refractivity contribution in [3.63, 3.8) is 0 Å². The van der Waals surface area contributed by atoms with Gasteiger partial charge in [-0.25, -0.2) is 0 Å². The largest absolute Gasteiger partial charge is 0.370 e. The van der Waals surface area contributed by atoms with Gasteiger partial charge in [-0.05, 0) is 54.9 Å². The summed E-state index contributed by atoms with van der Waals surface area (Å²) in [5.41, 5.74) is 1.85. The van der Waals surface area contributed by atoms with Crippen LogP contribution < -0.4 is 4.90 Å². The Morgan fingerprint density at radius 3 is 2.33 bits per heavy atom. The molecule has 0 saturated heterocycles. The molecule has 0 spiro atoms. The second kappa shape index (κ2) is 4.35. The second-order valence-corrected chi connectivity index (χ2v) is 5.41. The number of nitrogens with zero attached hydrogens (tertiary/aromatic N) is 1. The van der Waals surface area contributed by atoms with Gasteiger partial charge in [-0.1, -0.05) is 0 Å². The van der Waals surface area contributed by atoms with E-state index in [1.54, 1.807) is 0 Å². The molecule has 1 aromatic carbocycles. The number of carbonyl (C=O) groups is 1. The molecular weight excluding hydrogens is 254 g/mol. The maximum atomic E-state index is 10.7. The molecule has 1 aromatic rings. The zero-order valence-electron chi connectivity index (χ0n) is 9.54. The normalized spacial score (nSPS) is 11.3. The number of halogens is 1. The van der Waals surface area contributed by atoms with Crippen molar-refractivity contribution < 1.29 is 4.79 Å². The molecule has 2 nitrogen and oxygen atoms in total. The van der Waals surface area contributed by atoms with Gasteiger partial charge in [0.2, 0.25) is 0 Å². The summed E-state index contributed by atoms with van der Waals surface area (Å²) in [6.07, 6.45) is 0.852. The number of rotatable bonds is 2. The molecule has 0 atom stereocenters. The van der Waals surface area contributed by atoms with Gasteiger partial charge in [0.1, 0.15) is 0 Å². The van der Waals surface area contributed by atoms with Gasteiger partial charge in [-0.2, -0.15) is 0 Å². The van der Waals surface area contributed by atoms with Crippen LogP contribution in [0.15, 0.2) is 22.7 Å². The molecule has 0 heterocycles. The zero-order valence-corrected chi connectivity index (χ0v) is 11.1. The van der Waals surface area contributed by atoms with Crippen LogP contribution in [-0.4, -0.2) is 18.9 Å². The Balaban J connectivity index is 3.08. The number of aldehydes is 1. The second-order valence-electron chi connectivity index (χ2n) is 4.55. The third-order valence-electron chi connectivity index (χ3n) is 2.50. The Morgan fingerprint density at radius 1 is 1.33 bits per heavy atom. The molecule has 0 aliphatic rings. The Morgan fingerprint density at radius 2 is 1.93 bits per heavy atom. The number of carbonyl (C=O) groups excluding carboxylic acids is 1. The smallest absolute Gasteiger partial charge is 0.151 e. The summed E-state index contributed by atoms with van der Waals surface area (Å²) in [5.74, 6) is 0. The van der Waals surface area contributed by atoms with Crippen LogP contribution in [0.2, 0.25) is 0 Å². The van der Waals surface area contributed by atoms with Crippen molar-refractivity contribution in [3.8, 4) is 0 Å². The molecule has 82 valence electrons. The minimum atomic E-state index is 0.0716. The fourth-order valence-corrected chi connectivity index (χ4v) is 1.67. The summed E-state index contributed by atoms with van der Waals surface area (Å²) in [4.78, 5) is 12.8. The van der Waals surface area contributed by atoms with Crippen molar-refractivity contribution in [1.82, 2.24) is 0 Å². The minimum absolute atomic E-state index is 0.0716. The van der Waals surface area contributed by atoms with Gasteiger partial charge < -0.3 is 4.90 Å². The highest BCUT2D eigenvalue weighted by Crippen LogP contribution is 2.26. The fraction of sp³-hybridized carbons (Fsp3) is 0.417. The van der Waals surface area contributed by atoms with Crippen molar-refractivity contribution in [2.45, 2.75) is 26.3 Å². The molecule has 3 heteroatoms. The fourth-order valence-electron chi connectivity index (χ4n) is 1.21. The van der Waals surface area contributed by atoms with Gasteiger partial charge in [0.15, 0.2) is 6.29 Å². The van der Waals surface area contributed by atoms with E-state index in [0.717, 1.165) is 16.4 Å². The lowest BCUT2D eigenvalue weighted by molar-refractivity contribution is 0.112. The van der Waals surface area contributed by atoms with Gasteiger partial charge in [-0.3, -0.25) is 4.79 Å². The molecule has 0 N–H and O–H groups in total. The Hall–Kier alpha value is -0.830. The van der Waals surface area contributed by atoms with Crippen LogP contribution in [0.5, 0.6) is 0 Å². The van der Waals surface area contributed by atoms with Gasteiger partial charge >= 0.3 is 0 Å². The Kier molecular flexibility index (Phi) is 3.55. The quantitative estimate of drug-likeness (QED) is 0.766. The highest BCUT2D eigenvalue weighted by molar-refractivity contribution is 9.10. The standard InChI is InChI=1S/C12H16BrNO/c1-12(2,3)14(4)10-6-5-9(8-15)11(13)7-10/h5-8H,1-4H3. The predicted molar refractivity (Wildman–Crippen MR) is 67.7 cm³/mol. The van der Waals surface area contributed by atoms with Gasteiger partial charge in [0.25, 0.3) is 0 Å². The summed E-state index contributed by atoms with van der Waals surface area (Å²) < 4.78 is 0.839. The molecule has 0 saturated carbocycles. The van der Waals surface area contributed by atoms with E-state index in [2.05, 4.69) is 41.6 Å². The van der Waals surface area contributed by atoms with Crippen LogP contribution in [0.4, 0.5) is 5.69 Å². The maximum absolute atomic E-state index is 10.7. The van der Waals surface area contributed by atoms with Crippen molar-refractivity contribution in [2.24, 2.45) is 0 Å². The predicted octanol–water partition coefficient (Wildman–Crippen LogP) is 3.50. The first kappa shape index (κ1) is 12.2. The molecule has 0 unspecified atom stereocenters. The lowest BCUT2D eigenvalue weighted by Crippen LogP contribution is -2.38. The zero-order chi connectivity index (χ0) is 11.6. The topological polar surface area (TPSA) is 20.3 Å². The highest BCUT2D eigenvalue weighted by atomic mass is 79.9. The number of hydrogen-bond donors (Lipinski definition) is 0. The van der Waals surface area contributed by atoms with E-state index in [0.29, 0.717) is 5.56 Å². The van der Waals surface area contributed by atoms with Crippen LogP contribution in [-0.2, 0) is 0 Å². The lowest BCUT2D eigenvalue weighted by atomic mass is 10.1. The number of anilines is 1. The van der Waals surface area contributed by atoms with E-state index in [1.807, 2.05) is 25.2 Å². The SMILES string of the molecule is CN(c1ccc(C=O)c(Br)c1)C(C)(C)C. The summed E-state index contributed by atoms with van der Waals surface area (Å²) >= 11 is 3.38. The van der Waals surface area contributed by atoms with Crippen LogP contribution in [0.3, 0.4) is 0 Å². The van der Waals surface area contributed by atoms with Crippen molar-refractivity contribution >= 4 is 27.9 Å². The van der Waals surface area contributed by atoms with E-state index in [1.165, 1.54) is 0 Å². The van der Waals surface area contributed by atoms with Crippen LogP contribution in [0.1, 0.15) is 31.1 Å². The summed E-state index contributed by atoms with van der Waals surface area (Å²) in [6.45, 7) is 6.44. The third-order valence-corrected chi connectivity index (χ3v) is 3.19. The average molecular weight is 270 g/mol. The maximum Gasteiger partial charge on any atom is 0.151 e. The first-order valence-corrected chi connectivity index (χ1v) is 5.64. The van der Waals surface area contributed by atoms with Gasteiger partial charge in [-0.15, -0.1) is 0 Å². The summed E-state index contributed by atoms with van der Waals surface area (Å²) in [5, 5.41) is 0. The summed E-state index contributed by atoms with van der Waals surface area (Å²) in [7, 11) is 2.04. The third kappa shape index (κ3) is 2.81. The molecule has 0 aliphatic heterocycles. The molecule has 0 bridgehead atoms. The van der Waals surface area contributed by atoms with Crippen LogP contribution >= 0.6 is 15.9 Å². The Labute approximate surface area is 99.4 Å². The first-order chi connectivity index (χ1) is 6.86. The molecule has 0 aliphatic carbocycles. The lowest BCUT2D eigenvalue weighted by Gasteiger charge is -2.34. The molecule has 0 fully saturated rings. The van der Waals surface area contributed by atoms with E-state index in [-0.39, 0.29) is 5.54 Å². The van der Waals surface area contributed by atoms with Crippen molar-refractivity contribution in [2.75, 3.05) is 11.9 Å². The molecule has 1 rings (SSSR count).